The number of carbonyl (C=O) groups is 1. The van der Waals surface area contributed by atoms with Crippen molar-refractivity contribution < 1.29 is 9.53 Å². The van der Waals surface area contributed by atoms with Crippen molar-refractivity contribution in [1.29, 1.82) is 0 Å². The van der Waals surface area contributed by atoms with Gasteiger partial charge in [0.25, 0.3) is 0 Å². The fraction of sp³-hybridized carbons (Fsp3) is 0.500. The molecule has 0 atom stereocenters. The van der Waals surface area contributed by atoms with Crippen LogP contribution in [0.25, 0.3) is 21.6 Å². The minimum Gasteiger partial charge on any atom is -0.379 e. The van der Waals surface area contributed by atoms with Crippen molar-refractivity contribution >= 4 is 34.0 Å². The number of hydrogen-bond donors (Lipinski definition) is 1. The zero-order valence-electron chi connectivity index (χ0n) is 20.2. The molecule has 182 valence electrons. The van der Waals surface area contributed by atoms with Crippen molar-refractivity contribution in [1.82, 2.24) is 20.2 Å². The van der Waals surface area contributed by atoms with E-state index in [0.717, 1.165) is 73.2 Å². The van der Waals surface area contributed by atoms with Gasteiger partial charge >= 0.3 is 0 Å². The van der Waals surface area contributed by atoms with Gasteiger partial charge in [-0.05, 0) is 35.9 Å². The molecule has 1 aromatic carbocycles. The van der Waals surface area contributed by atoms with Gasteiger partial charge in [0.05, 0.1) is 23.6 Å². The fourth-order valence-electron chi connectivity index (χ4n) is 4.09. The van der Waals surface area contributed by atoms with Gasteiger partial charge in [-0.25, -0.2) is 9.97 Å². The van der Waals surface area contributed by atoms with Crippen LogP contribution in [0.15, 0.2) is 41.8 Å². The number of thiophene rings is 1. The molecule has 1 aliphatic heterocycles. The van der Waals surface area contributed by atoms with Gasteiger partial charge < -0.3 is 15.0 Å². The molecule has 4 rings (SSSR count). The number of hydrogen-bond acceptors (Lipinski definition) is 7. The van der Waals surface area contributed by atoms with Crippen LogP contribution in [0.1, 0.15) is 26.7 Å². The lowest BCUT2D eigenvalue weighted by Crippen LogP contribution is -2.39. The lowest BCUT2D eigenvalue weighted by Gasteiger charge is -2.29. The zero-order valence-corrected chi connectivity index (χ0v) is 21.0. The number of aromatic nitrogens is 2. The molecule has 0 bridgehead atoms. The summed E-state index contributed by atoms with van der Waals surface area (Å²) in [5.74, 6) is 2.18. The van der Waals surface area contributed by atoms with Gasteiger partial charge in [-0.3, -0.25) is 9.69 Å². The summed E-state index contributed by atoms with van der Waals surface area (Å²) in [5.41, 5.74) is 0.929. The standard InChI is InChI=1S/C26H35N5O2S/c1-20(2)19-27-24(32)10-13-31(12-6-11-30-14-16-33-17-15-30)26-21-7-3-4-8-22(21)28-25(29-26)23-9-5-18-34-23/h3-5,7-9,18,20H,6,10-17,19H2,1-2H3,(H,27,32). The second kappa shape index (κ2) is 12.2. The highest BCUT2D eigenvalue weighted by Crippen LogP contribution is 2.29. The lowest BCUT2D eigenvalue weighted by atomic mass is 10.2. The van der Waals surface area contributed by atoms with Crippen LogP contribution in [0.4, 0.5) is 5.82 Å². The Hall–Kier alpha value is -2.55. The predicted molar refractivity (Wildman–Crippen MR) is 139 cm³/mol. The van der Waals surface area contributed by atoms with Crippen molar-refractivity contribution in [2.75, 3.05) is 57.4 Å². The first-order valence-corrected chi connectivity index (χ1v) is 13.1. The average Bonchev–Trinajstić information content (AvgIpc) is 3.40. The SMILES string of the molecule is CC(C)CNC(=O)CCN(CCCN1CCOCC1)c1nc(-c2cccs2)nc2ccccc12. The molecular formula is C26H35N5O2S. The Balaban J connectivity index is 1.56. The first-order chi connectivity index (χ1) is 16.6. The van der Waals surface area contributed by atoms with E-state index in [1.165, 1.54) is 0 Å². The largest absolute Gasteiger partial charge is 0.379 e. The van der Waals surface area contributed by atoms with Crippen LogP contribution in [0, 0.1) is 5.92 Å². The molecule has 1 N–H and O–H groups in total. The van der Waals surface area contributed by atoms with Gasteiger partial charge in [0, 0.05) is 51.1 Å². The van der Waals surface area contributed by atoms with E-state index in [1.807, 2.05) is 29.6 Å². The molecule has 8 heteroatoms. The molecule has 0 unspecified atom stereocenters. The van der Waals surface area contributed by atoms with E-state index in [4.69, 9.17) is 14.7 Å². The van der Waals surface area contributed by atoms with Gasteiger partial charge in [0.15, 0.2) is 5.82 Å². The van der Waals surface area contributed by atoms with E-state index in [1.54, 1.807) is 11.3 Å². The van der Waals surface area contributed by atoms with Gasteiger partial charge in [-0.2, -0.15) is 0 Å². The summed E-state index contributed by atoms with van der Waals surface area (Å²) < 4.78 is 5.49. The molecule has 1 amide bonds. The minimum absolute atomic E-state index is 0.0868. The highest BCUT2D eigenvalue weighted by Gasteiger charge is 2.18. The number of nitrogens with zero attached hydrogens (tertiary/aromatic N) is 4. The maximum atomic E-state index is 12.5. The van der Waals surface area contributed by atoms with Crippen molar-refractivity contribution in [3.8, 4) is 10.7 Å². The van der Waals surface area contributed by atoms with Crippen LogP contribution in [-0.2, 0) is 9.53 Å². The summed E-state index contributed by atoms with van der Waals surface area (Å²) in [4.78, 5) is 28.2. The summed E-state index contributed by atoms with van der Waals surface area (Å²) in [6.07, 6.45) is 1.44. The Labute approximate surface area is 206 Å². The predicted octanol–water partition coefficient (Wildman–Crippen LogP) is 4.05. The van der Waals surface area contributed by atoms with Crippen molar-refractivity contribution in [3.05, 3.63) is 41.8 Å². The Morgan fingerprint density at radius 3 is 2.74 bits per heavy atom. The quantitative estimate of drug-likeness (QED) is 0.446. The smallest absolute Gasteiger partial charge is 0.221 e. The van der Waals surface area contributed by atoms with Crippen LogP contribution < -0.4 is 10.2 Å². The van der Waals surface area contributed by atoms with Gasteiger partial charge in [0.2, 0.25) is 5.91 Å². The Bertz CT molecular complexity index is 1050. The van der Waals surface area contributed by atoms with Gasteiger partial charge in [0.1, 0.15) is 5.82 Å². The summed E-state index contributed by atoms with van der Waals surface area (Å²) in [6.45, 7) is 11.0. The normalized spacial score (nSPS) is 14.6. The number of rotatable bonds is 11. The third-order valence-corrected chi connectivity index (χ3v) is 6.81. The molecule has 2 aromatic heterocycles. The molecule has 1 saturated heterocycles. The van der Waals surface area contributed by atoms with E-state index in [-0.39, 0.29) is 5.91 Å². The Morgan fingerprint density at radius 2 is 1.97 bits per heavy atom. The van der Waals surface area contributed by atoms with Gasteiger partial charge in [-0.15, -0.1) is 11.3 Å². The number of para-hydroxylation sites is 1. The van der Waals surface area contributed by atoms with E-state index in [0.29, 0.717) is 25.4 Å². The van der Waals surface area contributed by atoms with Crippen LogP contribution in [0.5, 0.6) is 0 Å². The lowest BCUT2D eigenvalue weighted by molar-refractivity contribution is -0.121. The third-order valence-electron chi connectivity index (χ3n) is 5.95. The molecule has 3 aromatic rings. The number of fused-ring (bicyclic) bond motifs is 1. The molecule has 0 aliphatic carbocycles. The second-order valence-corrected chi connectivity index (χ2v) is 10.1. The monoisotopic (exact) mass is 481 g/mol. The van der Waals surface area contributed by atoms with Crippen LogP contribution in [0.2, 0.25) is 0 Å². The van der Waals surface area contributed by atoms with Crippen molar-refractivity contribution in [3.63, 3.8) is 0 Å². The molecule has 0 spiro atoms. The zero-order chi connectivity index (χ0) is 23.8. The first kappa shape index (κ1) is 24.6. The molecule has 3 heterocycles. The van der Waals surface area contributed by atoms with Crippen LogP contribution in [0.3, 0.4) is 0 Å². The summed E-state index contributed by atoms with van der Waals surface area (Å²) in [6, 6.07) is 12.2. The topological polar surface area (TPSA) is 70.6 Å². The average molecular weight is 482 g/mol. The van der Waals surface area contributed by atoms with E-state index in [9.17, 15) is 4.79 Å². The number of benzene rings is 1. The first-order valence-electron chi connectivity index (χ1n) is 12.2. The molecule has 1 aliphatic rings. The molecule has 34 heavy (non-hydrogen) atoms. The highest BCUT2D eigenvalue weighted by molar-refractivity contribution is 7.13. The Kier molecular flexibility index (Phi) is 8.85. The second-order valence-electron chi connectivity index (χ2n) is 9.11. The third kappa shape index (κ3) is 6.74. The molecule has 1 fully saturated rings. The summed E-state index contributed by atoms with van der Waals surface area (Å²) in [5, 5.41) is 6.12. The van der Waals surface area contributed by atoms with Crippen LogP contribution in [-0.4, -0.2) is 73.3 Å². The number of carbonyl (C=O) groups excluding carboxylic acids is 1. The molecule has 0 saturated carbocycles. The molecule has 7 nitrogen and oxygen atoms in total. The molecule has 0 radical (unpaired) electrons. The number of amides is 1. The number of anilines is 1. The van der Waals surface area contributed by atoms with Crippen LogP contribution >= 0.6 is 11.3 Å². The van der Waals surface area contributed by atoms with E-state index < -0.39 is 0 Å². The van der Waals surface area contributed by atoms with E-state index in [2.05, 4.69) is 41.1 Å². The Morgan fingerprint density at radius 1 is 1.15 bits per heavy atom. The van der Waals surface area contributed by atoms with Gasteiger partial charge in [-0.1, -0.05) is 32.0 Å². The van der Waals surface area contributed by atoms with E-state index >= 15 is 0 Å². The molecular weight excluding hydrogens is 446 g/mol. The number of morpholine rings is 1. The number of ether oxygens (including phenoxy) is 1. The summed E-state index contributed by atoms with van der Waals surface area (Å²) in [7, 11) is 0. The fourth-order valence-corrected chi connectivity index (χ4v) is 4.75. The summed E-state index contributed by atoms with van der Waals surface area (Å²) >= 11 is 1.64. The highest BCUT2D eigenvalue weighted by atomic mass is 32.1. The maximum absolute atomic E-state index is 12.5. The maximum Gasteiger partial charge on any atom is 0.221 e. The minimum atomic E-state index is 0.0868. The van der Waals surface area contributed by atoms with Crippen molar-refractivity contribution in [2.24, 2.45) is 5.92 Å². The number of nitrogens with one attached hydrogen (secondary N) is 1. The van der Waals surface area contributed by atoms with Crippen molar-refractivity contribution in [2.45, 2.75) is 26.7 Å².